The predicted molar refractivity (Wildman–Crippen MR) is 68.0 cm³/mol. The first-order valence-corrected chi connectivity index (χ1v) is 5.89. The summed E-state index contributed by atoms with van der Waals surface area (Å²) in [4.78, 5) is 16.0. The number of nitrogens with one attached hydrogen (secondary N) is 1. The fraction of sp³-hybridized carbons (Fsp3) is 0.333. The van der Waals surface area contributed by atoms with E-state index in [0.29, 0.717) is 24.5 Å². The lowest BCUT2D eigenvalue weighted by atomic mass is 10.2. The minimum absolute atomic E-state index is 0.140. The third-order valence-corrected chi connectivity index (χ3v) is 2.50. The van der Waals surface area contributed by atoms with Crippen LogP contribution in [0, 0.1) is 0 Å². The molecule has 0 spiro atoms. The number of carbonyl (C=O) groups is 1. The smallest absolute Gasteiger partial charge is 0.252 e. The lowest BCUT2D eigenvalue weighted by molar-refractivity contribution is 0.0948. The summed E-state index contributed by atoms with van der Waals surface area (Å²) in [7, 11) is 1.63. The molecule has 0 radical (unpaired) electrons. The normalized spacial score (nSPS) is 10.4. The molecule has 0 aliphatic rings. The fourth-order valence-corrected chi connectivity index (χ4v) is 1.51. The molecule has 7 nitrogen and oxygen atoms in total. The van der Waals surface area contributed by atoms with Gasteiger partial charge in [-0.1, -0.05) is 0 Å². The summed E-state index contributed by atoms with van der Waals surface area (Å²) in [6.07, 6.45) is 5.41. The maximum atomic E-state index is 11.8. The van der Waals surface area contributed by atoms with Crippen LogP contribution in [0.15, 0.2) is 31.0 Å². The van der Waals surface area contributed by atoms with Crippen LogP contribution in [0.1, 0.15) is 16.8 Å². The first-order valence-electron chi connectivity index (χ1n) is 5.89. The molecule has 100 valence electrons. The summed E-state index contributed by atoms with van der Waals surface area (Å²) in [5.41, 5.74) is 0.522. The maximum absolute atomic E-state index is 11.8. The molecule has 1 N–H and O–H groups in total. The van der Waals surface area contributed by atoms with E-state index in [2.05, 4.69) is 20.5 Å². The number of rotatable bonds is 6. The van der Waals surface area contributed by atoms with Crippen molar-refractivity contribution in [3.05, 3.63) is 36.5 Å². The third kappa shape index (κ3) is 3.59. The van der Waals surface area contributed by atoms with Gasteiger partial charge in [-0.15, -0.1) is 10.2 Å². The Morgan fingerprint density at radius 2 is 2.16 bits per heavy atom. The van der Waals surface area contributed by atoms with E-state index in [4.69, 9.17) is 4.74 Å². The first kappa shape index (κ1) is 13.2. The van der Waals surface area contributed by atoms with Crippen LogP contribution in [0.5, 0.6) is 0 Å². The van der Waals surface area contributed by atoms with Crippen LogP contribution >= 0.6 is 0 Å². The number of nitrogens with zero attached hydrogens (tertiary/aromatic N) is 4. The minimum atomic E-state index is -0.140. The Morgan fingerprint density at radius 3 is 2.79 bits per heavy atom. The van der Waals surface area contributed by atoms with Gasteiger partial charge in [-0.3, -0.25) is 9.36 Å². The lowest BCUT2D eigenvalue weighted by Crippen LogP contribution is -2.25. The van der Waals surface area contributed by atoms with Crippen molar-refractivity contribution in [1.29, 1.82) is 0 Å². The average Bonchev–Trinajstić information content (AvgIpc) is 2.98. The lowest BCUT2D eigenvalue weighted by Gasteiger charge is -2.05. The fourth-order valence-electron chi connectivity index (χ4n) is 1.51. The van der Waals surface area contributed by atoms with Crippen molar-refractivity contribution in [3.63, 3.8) is 0 Å². The van der Waals surface area contributed by atoms with Crippen LogP contribution in [0.4, 0.5) is 0 Å². The van der Waals surface area contributed by atoms with E-state index in [0.717, 1.165) is 6.42 Å². The van der Waals surface area contributed by atoms with Gasteiger partial charge in [0.1, 0.15) is 18.5 Å². The molecule has 0 fully saturated rings. The summed E-state index contributed by atoms with van der Waals surface area (Å²) in [6, 6.07) is 3.46. The Bertz CT molecular complexity index is 509. The van der Waals surface area contributed by atoms with E-state index in [1.165, 1.54) is 6.20 Å². The van der Waals surface area contributed by atoms with E-state index in [1.54, 1.807) is 36.5 Å². The molecule has 0 aromatic carbocycles. The average molecular weight is 261 g/mol. The highest BCUT2D eigenvalue weighted by Gasteiger charge is 2.06. The molecule has 19 heavy (non-hydrogen) atoms. The van der Waals surface area contributed by atoms with Gasteiger partial charge >= 0.3 is 0 Å². The number of hydrogen-bond donors (Lipinski definition) is 1. The molecule has 2 heterocycles. The zero-order chi connectivity index (χ0) is 13.5. The van der Waals surface area contributed by atoms with Gasteiger partial charge in [-0.05, 0) is 18.6 Å². The monoisotopic (exact) mass is 261 g/mol. The summed E-state index contributed by atoms with van der Waals surface area (Å²) in [5, 5.41) is 10.2. The molecule has 0 aliphatic carbocycles. The molecular weight excluding hydrogens is 246 g/mol. The molecule has 0 unspecified atom stereocenters. The Labute approximate surface area is 110 Å². The molecule has 0 saturated heterocycles. The first-order chi connectivity index (χ1) is 9.31. The van der Waals surface area contributed by atoms with Gasteiger partial charge in [0.25, 0.3) is 5.91 Å². The van der Waals surface area contributed by atoms with Gasteiger partial charge in [0.15, 0.2) is 0 Å². The Morgan fingerprint density at radius 1 is 1.37 bits per heavy atom. The zero-order valence-electron chi connectivity index (χ0n) is 10.6. The largest absolute Gasteiger partial charge is 0.385 e. The minimum Gasteiger partial charge on any atom is -0.385 e. The van der Waals surface area contributed by atoms with Crippen LogP contribution in [0.2, 0.25) is 0 Å². The second-order valence-electron chi connectivity index (χ2n) is 3.88. The van der Waals surface area contributed by atoms with Crippen LogP contribution in [0.25, 0.3) is 5.82 Å². The zero-order valence-corrected chi connectivity index (χ0v) is 10.6. The number of aromatic nitrogens is 4. The second-order valence-corrected chi connectivity index (χ2v) is 3.88. The molecule has 0 aliphatic heterocycles. The molecule has 2 aromatic heterocycles. The van der Waals surface area contributed by atoms with Crippen molar-refractivity contribution in [2.75, 3.05) is 20.3 Å². The molecule has 2 aromatic rings. The number of ether oxygens (including phenoxy) is 1. The standard InChI is InChI=1S/C12H15N5O2/c1-19-6-2-5-13-12(18)10-3-4-11(14-7-10)17-8-15-16-9-17/h3-4,7-9H,2,5-6H2,1H3,(H,13,18). The molecule has 0 atom stereocenters. The van der Waals surface area contributed by atoms with E-state index >= 15 is 0 Å². The van der Waals surface area contributed by atoms with Crippen LogP contribution < -0.4 is 5.32 Å². The summed E-state index contributed by atoms with van der Waals surface area (Å²) >= 11 is 0. The van der Waals surface area contributed by atoms with Crippen molar-refractivity contribution in [1.82, 2.24) is 25.1 Å². The molecule has 1 amide bonds. The van der Waals surface area contributed by atoms with Crippen molar-refractivity contribution in [2.24, 2.45) is 0 Å². The van der Waals surface area contributed by atoms with Crippen LogP contribution in [-0.2, 0) is 4.74 Å². The Kier molecular flexibility index (Phi) is 4.57. The van der Waals surface area contributed by atoms with Gasteiger partial charge in [0, 0.05) is 26.5 Å². The highest BCUT2D eigenvalue weighted by molar-refractivity contribution is 5.93. The maximum Gasteiger partial charge on any atom is 0.252 e. The SMILES string of the molecule is COCCCNC(=O)c1ccc(-n2cnnc2)nc1. The summed E-state index contributed by atoms with van der Waals surface area (Å²) in [5.74, 6) is 0.528. The van der Waals surface area contributed by atoms with Crippen molar-refractivity contribution < 1.29 is 9.53 Å². The third-order valence-electron chi connectivity index (χ3n) is 2.50. The Hall–Kier alpha value is -2.28. The molecule has 0 bridgehead atoms. The Balaban J connectivity index is 1.93. The number of amides is 1. The van der Waals surface area contributed by atoms with Crippen LogP contribution in [0.3, 0.4) is 0 Å². The molecular formula is C12H15N5O2. The van der Waals surface area contributed by atoms with Crippen molar-refractivity contribution >= 4 is 5.91 Å². The van der Waals surface area contributed by atoms with Crippen LogP contribution in [-0.4, -0.2) is 45.9 Å². The summed E-state index contributed by atoms with van der Waals surface area (Å²) < 4.78 is 6.58. The van der Waals surface area contributed by atoms with Gasteiger partial charge in [-0.25, -0.2) is 4.98 Å². The van der Waals surface area contributed by atoms with Crippen molar-refractivity contribution in [3.8, 4) is 5.82 Å². The van der Waals surface area contributed by atoms with Gasteiger partial charge < -0.3 is 10.1 Å². The quantitative estimate of drug-likeness (QED) is 0.762. The number of pyridine rings is 1. The molecule has 2 rings (SSSR count). The number of methoxy groups -OCH3 is 1. The van der Waals surface area contributed by atoms with E-state index < -0.39 is 0 Å². The number of carbonyl (C=O) groups excluding carboxylic acids is 1. The highest BCUT2D eigenvalue weighted by Crippen LogP contribution is 2.04. The number of hydrogen-bond acceptors (Lipinski definition) is 5. The van der Waals surface area contributed by atoms with Gasteiger partial charge in [-0.2, -0.15) is 0 Å². The molecule has 7 heteroatoms. The highest BCUT2D eigenvalue weighted by atomic mass is 16.5. The van der Waals surface area contributed by atoms with Crippen molar-refractivity contribution in [2.45, 2.75) is 6.42 Å². The van der Waals surface area contributed by atoms with Gasteiger partial charge in [0.2, 0.25) is 0 Å². The summed E-state index contributed by atoms with van der Waals surface area (Å²) in [6.45, 7) is 1.21. The van der Waals surface area contributed by atoms with E-state index in [1.807, 2.05) is 0 Å². The predicted octanol–water partition coefficient (Wildman–Crippen LogP) is 0.429. The molecule has 0 saturated carbocycles. The van der Waals surface area contributed by atoms with E-state index in [9.17, 15) is 4.79 Å². The van der Waals surface area contributed by atoms with Gasteiger partial charge in [0.05, 0.1) is 5.56 Å². The topological polar surface area (TPSA) is 81.9 Å². The van der Waals surface area contributed by atoms with E-state index in [-0.39, 0.29) is 5.91 Å². The second kappa shape index (κ2) is 6.60.